The van der Waals surface area contributed by atoms with Crippen molar-refractivity contribution in [2.24, 2.45) is 5.41 Å². The molecule has 0 bridgehead atoms. The summed E-state index contributed by atoms with van der Waals surface area (Å²) in [5, 5.41) is 0. The molecule has 23 heavy (non-hydrogen) atoms. The van der Waals surface area contributed by atoms with Gasteiger partial charge in [-0.05, 0) is 38.3 Å². The van der Waals surface area contributed by atoms with E-state index in [1.165, 1.54) is 12.1 Å². The summed E-state index contributed by atoms with van der Waals surface area (Å²) in [6.45, 7) is 5.95. The number of Topliss-reactive ketones (excluding diaryl/α,β-unsaturated/α-hetero) is 1. The van der Waals surface area contributed by atoms with Crippen molar-refractivity contribution in [1.82, 2.24) is 0 Å². The number of ketones is 1. The van der Waals surface area contributed by atoms with Crippen LogP contribution in [0.2, 0.25) is 0 Å². The van der Waals surface area contributed by atoms with Crippen LogP contribution in [0.3, 0.4) is 0 Å². The van der Waals surface area contributed by atoms with Crippen LogP contribution in [-0.2, 0) is 19.1 Å². The maximum absolute atomic E-state index is 12.6. The van der Waals surface area contributed by atoms with E-state index in [0.29, 0.717) is 12.8 Å². The van der Waals surface area contributed by atoms with Gasteiger partial charge in [-0.2, -0.15) is 8.42 Å². The fourth-order valence-corrected chi connectivity index (χ4v) is 4.18. The lowest BCUT2D eigenvalue weighted by Gasteiger charge is -2.22. The van der Waals surface area contributed by atoms with E-state index in [4.69, 9.17) is 4.18 Å². The second kappa shape index (κ2) is 7.14. The van der Waals surface area contributed by atoms with Crippen LogP contribution in [0.1, 0.15) is 57.9 Å². The van der Waals surface area contributed by atoms with Crippen molar-refractivity contribution in [2.45, 2.75) is 70.3 Å². The van der Waals surface area contributed by atoms with Crippen LogP contribution < -0.4 is 0 Å². The van der Waals surface area contributed by atoms with Gasteiger partial charge in [0, 0.05) is 5.41 Å². The standard InChI is InChI=1S/C18H26O4S/c1-4-5-6-12-18(3)13-11-16(17(18)19)22-23(20,21)15-9-7-14(2)8-10-15/h7-10,16H,4-6,11-13H2,1-3H3/t16-,18+/m1/s1. The van der Waals surface area contributed by atoms with Crippen molar-refractivity contribution in [1.29, 1.82) is 0 Å². The van der Waals surface area contributed by atoms with Gasteiger partial charge in [0.1, 0.15) is 6.10 Å². The normalized spacial score (nSPS) is 25.0. The fraction of sp³-hybridized carbons (Fsp3) is 0.611. The minimum absolute atomic E-state index is 0.0655. The largest absolute Gasteiger partial charge is 0.297 e. The van der Waals surface area contributed by atoms with Gasteiger partial charge in [0.15, 0.2) is 5.78 Å². The molecule has 0 radical (unpaired) electrons. The minimum atomic E-state index is -3.89. The van der Waals surface area contributed by atoms with Crippen LogP contribution in [0, 0.1) is 12.3 Å². The first-order chi connectivity index (χ1) is 10.8. The molecule has 1 saturated carbocycles. The van der Waals surface area contributed by atoms with Gasteiger partial charge in [-0.3, -0.25) is 8.98 Å². The third-order valence-corrected chi connectivity index (χ3v) is 6.07. The Morgan fingerprint density at radius 3 is 2.48 bits per heavy atom. The van der Waals surface area contributed by atoms with E-state index < -0.39 is 21.6 Å². The summed E-state index contributed by atoms with van der Waals surface area (Å²) in [6.07, 6.45) is 4.34. The van der Waals surface area contributed by atoms with Crippen LogP contribution in [0.15, 0.2) is 29.2 Å². The predicted octanol–water partition coefficient (Wildman–Crippen LogP) is 4.02. The monoisotopic (exact) mass is 338 g/mol. The average Bonchev–Trinajstić information content (AvgIpc) is 2.76. The van der Waals surface area contributed by atoms with Crippen molar-refractivity contribution >= 4 is 15.9 Å². The second-order valence-electron chi connectivity index (χ2n) is 6.77. The van der Waals surface area contributed by atoms with Gasteiger partial charge in [0.05, 0.1) is 4.90 Å². The minimum Gasteiger partial charge on any atom is -0.296 e. The zero-order valence-corrected chi connectivity index (χ0v) is 15.0. The molecule has 5 heteroatoms. The Morgan fingerprint density at radius 2 is 1.87 bits per heavy atom. The van der Waals surface area contributed by atoms with Gasteiger partial charge in [-0.1, -0.05) is 50.8 Å². The molecule has 0 saturated heterocycles. The molecule has 2 atom stereocenters. The number of carbonyl (C=O) groups excluding carboxylic acids is 1. The lowest BCUT2D eigenvalue weighted by molar-refractivity contribution is -0.130. The molecule has 1 aliphatic carbocycles. The Labute approximate surface area is 139 Å². The molecule has 2 rings (SSSR count). The average molecular weight is 338 g/mol. The van der Waals surface area contributed by atoms with Gasteiger partial charge in [-0.15, -0.1) is 0 Å². The topological polar surface area (TPSA) is 60.4 Å². The lowest BCUT2D eigenvalue weighted by atomic mass is 9.82. The molecule has 1 fully saturated rings. The molecule has 128 valence electrons. The van der Waals surface area contributed by atoms with Crippen molar-refractivity contribution in [3.63, 3.8) is 0 Å². The first-order valence-electron chi connectivity index (χ1n) is 8.33. The summed E-state index contributed by atoms with van der Waals surface area (Å²) >= 11 is 0. The number of unbranched alkanes of at least 4 members (excludes halogenated alkanes) is 2. The molecule has 0 N–H and O–H groups in total. The number of hydrogen-bond acceptors (Lipinski definition) is 4. The van der Waals surface area contributed by atoms with E-state index in [9.17, 15) is 13.2 Å². The molecule has 0 unspecified atom stereocenters. The Kier molecular flexibility index (Phi) is 5.63. The summed E-state index contributed by atoms with van der Waals surface area (Å²) in [5.74, 6) is -0.0655. The number of carbonyl (C=O) groups is 1. The van der Waals surface area contributed by atoms with Gasteiger partial charge < -0.3 is 0 Å². The van der Waals surface area contributed by atoms with E-state index in [1.54, 1.807) is 12.1 Å². The number of benzene rings is 1. The number of aryl methyl sites for hydroxylation is 1. The third-order valence-electron chi connectivity index (χ3n) is 4.73. The first kappa shape index (κ1) is 18.1. The molecule has 0 heterocycles. The fourth-order valence-electron chi connectivity index (χ4n) is 3.11. The Morgan fingerprint density at radius 1 is 1.22 bits per heavy atom. The van der Waals surface area contributed by atoms with E-state index in [0.717, 1.165) is 31.2 Å². The van der Waals surface area contributed by atoms with Crippen molar-refractivity contribution < 1.29 is 17.4 Å². The summed E-state index contributed by atoms with van der Waals surface area (Å²) in [5.41, 5.74) is 0.534. The van der Waals surface area contributed by atoms with Crippen LogP contribution in [0.25, 0.3) is 0 Å². The second-order valence-corrected chi connectivity index (χ2v) is 8.34. The molecule has 1 aromatic rings. The van der Waals surface area contributed by atoms with Gasteiger partial charge in [0.2, 0.25) is 0 Å². The summed E-state index contributed by atoms with van der Waals surface area (Å²) < 4.78 is 29.9. The molecular weight excluding hydrogens is 312 g/mol. The van der Waals surface area contributed by atoms with E-state index in [-0.39, 0.29) is 10.7 Å². The zero-order valence-electron chi connectivity index (χ0n) is 14.2. The Bertz CT molecular complexity index is 648. The summed E-state index contributed by atoms with van der Waals surface area (Å²) in [4.78, 5) is 12.7. The van der Waals surface area contributed by atoms with Crippen molar-refractivity contribution in [2.75, 3.05) is 0 Å². The molecule has 1 aliphatic rings. The Balaban J connectivity index is 2.06. The van der Waals surface area contributed by atoms with E-state index in [1.807, 2.05) is 13.8 Å². The number of rotatable bonds is 7. The van der Waals surface area contributed by atoms with Crippen LogP contribution in [-0.4, -0.2) is 20.3 Å². The maximum Gasteiger partial charge on any atom is 0.297 e. The van der Waals surface area contributed by atoms with Crippen molar-refractivity contribution in [3.05, 3.63) is 29.8 Å². The molecule has 1 aromatic carbocycles. The Hall–Kier alpha value is -1.20. The molecule has 0 aliphatic heterocycles. The van der Waals surface area contributed by atoms with Gasteiger partial charge >= 0.3 is 0 Å². The quantitative estimate of drug-likeness (QED) is 0.556. The van der Waals surface area contributed by atoms with Crippen LogP contribution in [0.4, 0.5) is 0 Å². The highest BCUT2D eigenvalue weighted by Crippen LogP contribution is 2.41. The highest BCUT2D eigenvalue weighted by atomic mass is 32.2. The molecule has 0 aromatic heterocycles. The molecule has 0 amide bonds. The van der Waals surface area contributed by atoms with Crippen molar-refractivity contribution in [3.8, 4) is 0 Å². The van der Waals surface area contributed by atoms with E-state index in [2.05, 4.69) is 6.92 Å². The van der Waals surface area contributed by atoms with Crippen LogP contribution >= 0.6 is 0 Å². The lowest BCUT2D eigenvalue weighted by Crippen LogP contribution is -2.31. The predicted molar refractivity (Wildman–Crippen MR) is 89.7 cm³/mol. The van der Waals surface area contributed by atoms with E-state index >= 15 is 0 Å². The summed E-state index contributed by atoms with van der Waals surface area (Å²) in [7, 11) is -3.89. The number of hydrogen-bond donors (Lipinski definition) is 0. The maximum atomic E-state index is 12.6. The van der Waals surface area contributed by atoms with Gasteiger partial charge in [0.25, 0.3) is 10.1 Å². The molecule has 0 spiro atoms. The highest BCUT2D eigenvalue weighted by Gasteiger charge is 2.46. The van der Waals surface area contributed by atoms with Crippen LogP contribution in [0.5, 0.6) is 0 Å². The first-order valence-corrected chi connectivity index (χ1v) is 9.73. The smallest absolute Gasteiger partial charge is 0.296 e. The molecule has 4 nitrogen and oxygen atoms in total. The SMILES string of the molecule is CCCCC[C@@]1(C)CC[C@@H](OS(=O)(=O)c2ccc(C)cc2)C1=O. The van der Waals surface area contributed by atoms with Gasteiger partial charge in [-0.25, -0.2) is 0 Å². The highest BCUT2D eigenvalue weighted by molar-refractivity contribution is 7.86. The molecular formula is C18H26O4S. The third kappa shape index (κ3) is 4.21. The zero-order chi connectivity index (χ0) is 17.1. The summed E-state index contributed by atoms with van der Waals surface area (Å²) in [6, 6.07) is 6.48.